The molecule has 110 valence electrons. The van der Waals surface area contributed by atoms with Gasteiger partial charge in [0.25, 0.3) is 0 Å². The summed E-state index contributed by atoms with van der Waals surface area (Å²) in [5, 5.41) is 0. The zero-order valence-electron chi connectivity index (χ0n) is 12.1. The maximum Gasteiger partial charge on any atom is 0.306 e. The highest BCUT2D eigenvalue weighted by Crippen LogP contribution is 2.45. The predicted molar refractivity (Wildman–Crippen MR) is 82.7 cm³/mol. The third kappa shape index (κ3) is 2.79. The van der Waals surface area contributed by atoms with E-state index >= 15 is 0 Å². The summed E-state index contributed by atoms with van der Waals surface area (Å²) in [6.07, 6.45) is 0.597. The zero-order chi connectivity index (χ0) is 14.9. The Labute approximate surface area is 127 Å². The first-order valence-corrected chi connectivity index (χ1v) is 7.94. The summed E-state index contributed by atoms with van der Waals surface area (Å²) < 4.78 is 23.4. The van der Waals surface area contributed by atoms with E-state index in [-0.39, 0.29) is 0 Å². The second-order valence-corrected chi connectivity index (χ2v) is 6.61. The summed E-state index contributed by atoms with van der Waals surface area (Å²) in [5.74, 6) is 0. The Hall–Kier alpha value is -1.49. The molecule has 0 spiro atoms. The first kappa shape index (κ1) is 14.4. The molecule has 0 saturated carbocycles. The van der Waals surface area contributed by atoms with Gasteiger partial charge in [-0.05, 0) is 25.0 Å². The monoisotopic (exact) mass is 302 g/mol. The van der Waals surface area contributed by atoms with Crippen molar-refractivity contribution < 1.29 is 12.6 Å². The standard InChI is InChI=1S/C17H18O3S/c1-16(2)13-17(20-21(18)19-16,14-9-5-3-6-10-14)15-11-7-4-8-12-15/h3-12H,13H2,1-2H3. The van der Waals surface area contributed by atoms with Crippen molar-refractivity contribution in [1.82, 2.24) is 0 Å². The molecule has 2 aromatic carbocycles. The minimum atomic E-state index is -1.78. The Bertz CT molecular complexity index is 598. The van der Waals surface area contributed by atoms with Gasteiger partial charge in [0.15, 0.2) is 0 Å². The van der Waals surface area contributed by atoms with Gasteiger partial charge >= 0.3 is 11.4 Å². The molecule has 4 heteroatoms. The second-order valence-electron chi connectivity index (χ2n) is 5.87. The van der Waals surface area contributed by atoms with E-state index in [0.717, 1.165) is 11.1 Å². The molecule has 1 aliphatic rings. The molecule has 0 bridgehead atoms. The predicted octanol–water partition coefficient (Wildman–Crippen LogP) is 3.72. The fourth-order valence-corrected chi connectivity index (χ4v) is 3.80. The maximum absolute atomic E-state index is 12.1. The molecular formula is C17H18O3S. The van der Waals surface area contributed by atoms with Crippen LogP contribution < -0.4 is 0 Å². The number of hydrogen-bond acceptors (Lipinski definition) is 3. The van der Waals surface area contributed by atoms with Crippen LogP contribution in [-0.4, -0.2) is 9.81 Å². The normalized spacial score (nSPS) is 23.6. The first-order chi connectivity index (χ1) is 10.0. The highest BCUT2D eigenvalue weighted by atomic mass is 32.2. The van der Waals surface area contributed by atoms with E-state index in [1.165, 1.54) is 0 Å². The molecule has 0 N–H and O–H groups in total. The molecule has 1 unspecified atom stereocenters. The van der Waals surface area contributed by atoms with E-state index in [1.807, 2.05) is 74.5 Å². The molecular weight excluding hydrogens is 284 g/mol. The lowest BCUT2D eigenvalue weighted by molar-refractivity contribution is -0.0412. The van der Waals surface area contributed by atoms with Gasteiger partial charge in [-0.25, -0.2) is 0 Å². The van der Waals surface area contributed by atoms with Crippen molar-refractivity contribution >= 4 is 11.4 Å². The minimum absolute atomic E-state index is 0.533. The molecule has 3 rings (SSSR count). The lowest BCUT2D eigenvalue weighted by atomic mass is 9.78. The fourth-order valence-electron chi connectivity index (χ4n) is 2.86. The summed E-state index contributed by atoms with van der Waals surface area (Å²) >= 11 is -1.78. The number of rotatable bonds is 2. The van der Waals surface area contributed by atoms with Crippen LogP contribution in [0.3, 0.4) is 0 Å². The highest BCUT2D eigenvalue weighted by Gasteiger charge is 2.48. The van der Waals surface area contributed by atoms with Gasteiger partial charge in [-0.3, -0.25) is 8.37 Å². The van der Waals surface area contributed by atoms with Gasteiger partial charge in [-0.2, -0.15) is 4.21 Å². The van der Waals surface area contributed by atoms with Crippen molar-refractivity contribution in [2.75, 3.05) is 0 Å². The van der Waals surface area contributed by atoms with Crippen molar-refractivity contribution in [1.29, 1.82) is 0 Å². The van der Waals surface area contributed by atoms with E-state index in [9.17, 15) is 4.21 Å². The number of benzene rings is 2. The van der Waals surface area contributed by atoms with Gasteiger partial charge in [0, 0.05) is 6.42 Å². The lowest BCUT2D eigenvalue weighted by Crippen LogP contribution is -2.46. The van der Waals surface area contributed by atoms with Gasteiger partial charge < -0.3 is 0 Å². The van der Waals surface area contributed by atoms with E-state index in [2.05, 4.69) is 0 Å². The lowest BCUT2D eigenvalue weighted by Gasteiger charge is -2.43. The fraction of sp³-hybridized carbons (Fsp3) is 0.294. The van der Waals surface area contributed by atoms with Crippen LogP contribution >= 0.6 is 0 Å². The third-order valence-corrected chi connectivity index (χ3v) is 4.67. The highest BCUT2D eigenvalue weighted by molar-refractivity contribution is 7.75. The average Bonchev–Trinajstić information content (AvgIpc) is 2.47. The Morgan fingerprint density at radius 3 is 1.76 bits per heavy atom. The van der Waals surface area contributed by atoms with Crippen LogP contribution in [0, 0.1) is 0 Å². The van der Waals surface area contributed by atoms with Crippen molar-refractivity contribution in [2.24, 2.45) is 0 Å². The summed E-state index contributed by atoms with van der Waals surface area (Å²) in [4.78, 5) is 0. The van der Waals surface area contributed by atoms with Crippen LogP contribution in [0.5, 0.6) is 0 Å². The van der Waals surface area contributed by atoms with Crippen molar-refractivity contribution in [3.63, 3.8) is 0 Å². The second kappa shape index (κ2) is 5.37. The molecule has 2 aromatic rings. The third-order valence-electron chi connectivity index (χ3n) is 3.66. The average molecular weight is 302 g/mol. The molecule has 0 amide bonds. The molecule has 1 heterocycles. The van der Waals surface area contributed by atoms with Crippen LogP contribution in [0.4, 0.5) is 0 Å². The van der Waals surface area contributed by atoms with Crippen LogP contribution in [0.2, 0.25) is 0 Å². The number of hydrogen-bond donors (Lipinski definition) is 0. The topological polar surface area (TPSA) is 35.5 Å². The van der Waals surface area contributed by atoms with E-state index in [4.69, 9.17) is 8.37 Å². The van der Waals surface area contributed by atoms with Crippen LogP contribution in [0.1, 0.15) is 31.4 Å². The Balaban J connectivity index is 2.18. The van der Waals surface area contributed by atoms with Crippen molar-refractivity contribution in [3.05, 3.63) is 71.8 Å². The molecule has 1 saturated heterocycles. The van der Waals surface area contributed by atoms with Gasteiger partial charge in [0.2, 0.25) is 0 Å². The molecule has 1 aliphatic heterocycles. The van der Waals surface area contributed by atoms with Crippen molar-refractivity contribution in [2.45, 2.75) is 31.5 Å². The van der Waals surface area contributed by atoms with E-state index in [1.54, 1.807) is 0 Å². The largest absolute Gasteiger partial charge is 0.306 e. The molecule has 1 fully saturated rings. The zero-order valence-corrected chi connectivity index (χ0v) is 12.9. The Morgan fingerprint density at radius 2 is 1.33 bits per heavy atom. The van der Waals surface area contributed by atoms with Crippen LogP contribution in [0.15, 0.2) is 60.7 Å². The first-order valence-electron chi connectivity index (χ1n) is 6.94. The quantitative estimate of drug-likeness (QED) is 0.848. The molecule has 21 heavy (non-hydrogen) atoms. The van der Waals surface area contributed by atoms with E-state index < -0.39 is 22.6 Å². The van der Waals surface area contributed by atoms with Gasteiger partial charge in [0.05, 0.1) is 5.60 Å². The molecule has 0 aliphatic carbocycles. The molecule has 0 radical (unpaired) electrons. The smallest absolute Gasteiger partial charge is 0.262 e. The maximum atomic E-state index is 12.1. The Kier molecular flexibility index (Phi) is 3.69. The summed E-state index contributed by atoms with van der Waals surface area (Å²) in [7, 11) is 0. The summed E-state index contributed by atoms with van der Waals surface area (Å²) in [6.45, 7) is 3.88. The molecule has 1 atom stereocenters. The van der Waals surface area contributed by atoms with Gasteiger partial charge in [-0.15, -0.1) is 0 Å². The SMILES string of the molecule is CC1(C)CC(c2ccccc2)(c2ccccc2)OS(=O)O1. The summed E-state index contributed by atoms with van der Waals surface area (Å²) in [6, 6.07) is 19.8. The van der Waals surface area contributed by atoms with Crippen LogP contribution in [0.25, 0.3) is 0 Å². The minimum Gasteiger partial charge on any atom is -0.262 e. The summed E-state index contributed by atoms with van der Waals surface area (Å²) in [5.41, 5.74) is 0.686. The van der Waals surface area contributed by atoms with E-state index in [0.29, 0.717) is 6.42 Å². The van der Waals surface area contributed by atoms with Crippen LogP contribution in [-0.2, 0) is 25.3 Å². The molecule has 0 aromatic heterocycles. The van der Waals surface area contributed by atoms with Gasteiger partial charge in [0.1, 0.15) is 5.60 Å². The van der Waals surface area contributed by atoms with Crippen molar-refractivity contribution in [3.8, 4) is 0 Å². The van der Waals surface area contributed by atoms with Gasteiger partial charge in [-0.1, -0.05) is 60.7 Å². The molecule has 3 nitrogen and oxygen atoms in total. The Morgan fingerprint density at radius 1 is 0.857 bits per heavy atom.